The molecule has 1 aliphatic rings. The van der Waals surface area contributed by atoms with Gasteiger partial charge in [-0.3, -0.25) is 9.59 Å². The molecule has 0 radical (unpaired) electrons. The van der Waals surface area contributed by atoms with E-state index in [2.05, 4.69) is 0 Å². The zero-order valence-electron chi connectivity index (χ0n) is 23.3. The highest BCUT2D eigenvalue weighted by molar-refractivity contribution is 7.90. The lowest BCUT2D eigenvalue weighted by atomic mass is 9.67. The van der Waals surface area contributed by atoms with Crippen LogP contribution in [0.1, 0.15) is 77.0 Å². The zero-order valence-corrected chi connectivity index (χ0v) is 25.6. The van der Waals surface area contributed by atoms with Crippen molar-refractivity contribution in [1.82, 2.24) is 9.21 Å². The van der Waals surface area contributed by atoms with Gasteiger partial charge in [0.15, 0.2) is 0 Å². The number of likely N-dealkylation sites (tertiary alicyclic amines) is 1. The van der Waals surface area contributed by atoms with Crippen molar-refractivity contribution in [1.29, 1.82) is 0 Å². The fourth-order valence-electron chi connectivity index (χ4n) is 5.46. The first-order chi connectivity index (χ1) is 18.0. The number of carboxylic acid groups (broad SMARTS) is 1. The average molecular weight is 598 g/mol. The van der Waals surface area contributed by atoms with Gasteiger partial charge in [-0.05, 0) is 75.9 Å². The van der Waals surface area contributed by atoms with Crippen molar-refractivity contribution in [2.24, 2.45) is 5.41 Å². The van der Waals surface area contributed by atoms with Gasteiger partial charge in [0.1, 0.15) is 0 Å². The third-order valence-corrected chi connectivity index (χ3v) is 10.7. The van der Waals surface area contributed by atoms with Gasteiger partial charge in [0.05, 0.1) is 22.6 Å². The van der Waals surface area contributed by atoms with Crippen molar-refractivity contribution in [2.75, 3.05) is 13.6 Å². The molecule has 2 aromatic rings. The van der Waals surface area contributed by atoms with Gasteiger partial charge in [0, 0.05) is 35.6 Å². The number of carboxylic acids is 1. The first-order valence-electron chi connectivity index (χ1n) is 13.0. The second-order valence-electron chi connectivity index (χ2n) is 11.8. The van der Waals surface area contributed by atoms with Crippen LogP contribution in [0.3, 0.4) is 0 Å². The van der Waals surface area contributed by atoms with Gasteiger partial charge in [-0.15, -0.1) is 0 Å². The van der Waals surface area contributed by atoms with Gasteiger partial charge in [0.2, 0.25) is 15.9 Å². The third kappa shape index (κ3) is 6.79. The van der Waals surface area contributed by atoms with E-state index in [9.17, 15) is 23.1 Å². The summed E-state index contributed by atoms with van der Waals surface area (Å²) in [5.41, 5.74) is 0.591. The minimum atomic E-state index is -3.56. The lowest BCUT2D eigenvalue weighted by Gasteiger charge is -2.51. The molecule has 1 saturated heterocycles. The molecule has 7 nitrogen and oxygen atoms in total. The van der Waals surface area contributed by atoms with Crippen LogP contribution in [-0.4, -0.2) is 59.0 Å². The molecular weight excluding hydrogens is 559 g/mol. The number of hydrogen-bond acceptors (Lipinski definition) is 4. The van der Waals surface area contributed by atoms with Crippen molar-refractivity contribution in [3.05, 3.63) is 69.7 Å². The van der Waals surface area contributed by atoms with Crippen LogP contribution in [0.5, 0.6) is 0 Å². The predicted octanol–water partition coefficient (Wildman–Crippen LogP) is 6.37. The topological polar surface area (TPSA) is 95.0 Å². The van der Waals surface area contributed by atoms with Crippen LogP contribution < -0.4 is 0 Å². The van der Waals surface area contributed by atoms with Crippen LogP contribution in [-0.2, 0) is 19.6 Å². The monoisotopic (exact) mass is 596 g/mol. The van der Waals surface area contributed by atoms with Crippen molar-refractivity contribution in [3.63, 3.8) is 0 Å². The number of benzene rings is 2. The molecular formula is C29H38Cl2N2O5S. The van der Waals surface area contributed by atoms with Crippen LogP contribution >= 0.6 is 23.2 Å². The number of carbonyl (C=O) groups excluding carboxylic acids is 1. The normalized spacial score (nSPS) is 23.2. The zero-order chi connectivity index (χ0) is 29.3. The van der Waals surface area contributed by atoms with Crippen molar-refractivity contribution >= 4 is 45.1 Å². The number of halogens is 2. The molecule has 1 heterocycles. The molecule has 1 fully saturated rings. The maximum atomic E-state index is 14.2. The maximum Gasteiger partial charge on any atom is 0.304 e. The van der Waals surface area contributed by atoms with Crippen molar-refractivity contribution < 1.29 is 23.1 Å². The molecule has 0 saturated carbocycles. The van der Waals surface area contributed by atoms with E-state index in [1.165, 1.54) is 4.31 Å². The highest BCUT2D eigenvalue weighted by Crippen LogP contribution is 2.52. The molecule has 0 spiro atoms. The van der Waals surface area contributed by atoms with Crippen LogP contribution in [0, 0.1) is 5.41 Å². The number of sulfonamides is 1. The van der Waals surface area contributed by atoms with E-state index >= 15 is 0 Å². The van der Waals surface area contributed by atoms with Gasteiger partial charge >= 0.3 is 5.97 Å². The van der Waals surface area contributed by atoms with Crippen LogP contribution in [0.25, 0.3) is 0 Å². The Morgan fingerprint density at radius 3 is 2.28 bits per heavy atom. The largest absolute Gasteiger partial charge is 0.481 e. The highest BCUT2D eigenvalue weighted by Gasteiger charge is 2.52. The minimum Gasteiger partial charge on any atom is -0.481 e. The van der Waals surface area contributed by atoms with Gasteiger partial charge in [0.25, 0.3) is 0 Å². The summed E-state index contributed by atoms with van der Waals surface area (Å²) in [7, 11) is -2.01. The van der Waals surface area contributed by atoms with Crippen molar-refractivity contribution in [2.45, 2.75) is 76.6 Å². The van der Waals surface area contributed by atoms with Crippen LogP contribution in [0.2, 0.25) is 10.0 Å². The van der Waals surface area contributed by atoms with Gasteiger partial charge in [-0.2, -0.15) is 0 Å². The summed E-state index contributed by atoms with van der Waals surface area (Å²) < 4.78 is 26.3. The summed E-state index contributed by atoms with van der Waals surface area (Å²) in [4.78, 5) is 27.9. The second-order valence-corrected chi connectivity index (χ2v) is 15.5. The molecule has 0 bridgehead atoms. The number of rotatable bonds is 9. The fourth-order valence-corrected chi connectivity index (χ4v) is 7.06. The molecule has 214 valence electrons. The Labute approximate surface area is 242 Å². The summed E-state index contributed by atoms with van der Waals surface area (Å²) in [6.07, 6.45) is 0.359. The Hall–Kier alpha value is -2.13. The quantitative estimate of drug-likeness (QED) is 0.363. The van der Waals surface area contributed by atoms with E-state index in [0.717, 1.165) is 11.1 Å². The molecule has 1 N–H and O–H groups in total. The van der Waals surface area contributed by atoms with E-state index in [1.54, 1.807) is 57.8 Å². The minimum absolute atomic E-state index is 0.204. The molecule has 4 atom stereocenters. The Balaban J connectivity index is 2.11. The number of carbonyl (C=O) groups is 2. The van der Waals surface area contributed by atoms with Gasteiger partial charge in [-0.25, -0.2) is 12.7 Å². The summed E-state index contributed by atoms with van der Waals surface area (Å²) in [5.74, 6) is -1.58. The van der Waals surface area contributed by atoms with Crippen LogP contribution in [0.4, 0.5) is 0 Å². The third-order valence-electron chi connectivity index (χ3n) is 7.65. The molecule has 3 rings (SSSR count). The number of nitrogens with zero attached hydrogens (tertiary/aromatic N) is 2. The predicted molar refractivity (Wildman–Crippen MR) is 156 cm³/mol. The first kappa shape index (κ1) is 31.4. The standard InChI is InChI=1S/C29H38Cl2N2O5S/c1-19(14-15-32(6)39(37,38)28(2,3)4)33-26(20-10-12-22(30)13-11-20)24(21-8-7-9-23(31)16-21)17-29(5,27(33)36)18-25(34)35/h7-13,16,19,24,26H,14-15,17-18H2,1-6H3,(H,34,35). The second kappa shape index (κ2) is 11.8. The lowest BCUT2D eigenvalue weighted by molar-refractivity contribution is -0.160. The Morgan fingerprint density at radius 1 is 1.13 bits per heavy atom. The molecule has 1 amide bonds. The van der Waals surface area contributed by atoms with E-state index in [1.807, 2.05) is 37.3 Å². The molecule has 39 heavy (non-hydrogen) atoms. The molecule has 10 heteroatoms. The number of hydrogen-bond donors (Lipinski definition) is 1. The Bertz CT molecular complexity index is 1310. The smallest absolute Gasteiger partial charge is 0.304 e. The summed E-state index contributed by atoms with van der Waals surface area (Å²) in [6, 6.07) is 13.9. The molecule has 2 aromatic carbocycles. The number of piperidine rings is 1. The van der Waals surface area contributed by atoms with Crippen molar-refractivity contribution in [3.8, 4) is 0 Å². The summed E-state index contributed by atoms with van der Waals surface area (Å²) >= 11 is 12.6. The molecule has 1 aliphatic heterocycles. The van der Waals surface area contributed by atoms with Gasteiger partial charge in [-0.1, -0.05) is 54.4 Å². The Morgan fingerprint density at radius 2 is 1.74 bits per heavy atom. The summed E-state index contributed by atoms with van der Waals surface area (Å²) in [6.45, 7) is 8.75. The first-order valence-corrected chi connectivity index (χ1v) is 15.2. The highest BCUT2D eigenvalue weighted by atomic mass is 35.5. The fraction of sp³-hybridized carbons (Fsp3) is 0.517. The van der Waals surface area contributed by atoms with E-state index in [4.69, 9.17) is 23.2 Å². The molecule has 0 aliphatic carbocycles. The summed E-state index contributed by atoms with van der Waals surface area (Å²) in [5, 5.41) is 10.9. The molecule has 0 aromatic heterocycles. The number of aliphatic carboxylic acids is 1. The van der Waals surface area contributed by atoms with E-state index in [-0.39, 0.29) is 24.8 Å². The van der Waals surface area contributed by atoms with E-state index < -0.39 is 38.2 Å². The Kier molecular flexibility index (Phi) is 9.48. The average Bonchev–Trinajstić information content (AvgIpc) is 2.83. The molecule has 4 unspecified atom stereocenters. The number of amides is 1. The SMILES string of the molecule is CC(CCN(C)S(=O)(=O)C(C)(C)C)N1C(=O)C(C)(CC(=O)O)CC(c2cccc(Cl)c2)C1c1ccc(Cl)cc1. The van der Waals surface area contributed by atoms with E-state index in [0.29, 0.717) is 22.9 Å². The lowest BCUT2D eigenvalue weighted by Crippen LogP contribution is -2.56. The maximum absolute atomic E-state index is 14.2. The van der Waals surface area contributed by atoms with Crippen LogP contribution in [0.15, 0.2) is 48.5 Å². The van der Waals surface area contributed by atoms with Gasteiger partial charge < -0.3 is 10.0 Å².